The van der Waals surface area contributed by atoms with Gasteiger partial charge in [-0.05, 0) is 55.7 Å². The van der Waals surface area contributed by atoms with E-state index in [2.05, 4.69) is 5.32 Å². The first-order chi connectivity index (χ1) is 26.8. The van der Waals surface area contributed by atoms with Crippen LogP contribution in [0.25, 0.3) is 0 Å². The molecule has 17 heteroatoms. The lowest BCUT2D eigenvalue weighted by Crippen LogP contribution is -2.63. The van der Waals surface area contributed by atoms with Gasteiger partial charge in [0.1, 0.15) is 17.7 Å². The Bertz CT molecular complexity index is 1950. The number of hydrogen-bond donors (Lipinski definition) is 3. The van der Waals surface area contributed by atoms with E-state index in [1.54, 1.807) is 46.9 Å². The number of sulfonamides is 1. The van der Waals surface area contributed by atoms with Gasteiger partial charge in [-0.2, -0.15) is 13.2 Å². The van der Waals surface area contributed by atoms with Gasteiger partial charge in [-0.1, -0.05) is 109 Å². The largest absolute Gasteiger partial charge is 0.471 e. The molecule has 0 heterocycles. The Morgan fingerprint density at radius 1 is 0.814 bits per heavy atom. The van der Waals surface area contributed by atoms with Gasteiger partial charge in [0.05, 0.1) is 11.8 Å². The van der Waals surface area contributed by atoms with Crippen LogP contribution in [0.2, 0.25) is 0 Å². The summed E-state index contributed by atoms with van der Waals surface area (Å²) >= 11 is 0. The zero-order chi connectivity index (χ0) is 45.5. The van der Waals surface area contributed by atoms with Crippen molar-refractivity contribution in [3.05, 3.63) is 82.9 Å². The van der Waals surface area contributed by atoms with E-state index in [0.717, 1.165) is 5.56 Å². The summed E-state index contributed by atoms with van der Waals surface area (Å²) in [7, 11) is -1.27. The van der Waals surface area contributed by atoms with Crippen molar-refractivity contribution in [1.29, 1.82) is 0 Å². The number of carbonyl (C=O) groups excluding carboxylic acids is 5. The van der Waals surface area contributed by atoms with Gasteiger partial charge in [-0.3, -0.25) is 24.1 Å². The molecule has 0 aromatic heterocycles. The van der Waals surface area contributed by atoms with Gasteiger partial charge in [-0.15, -0.1) is 0 Å². The highest BCUT2D eigenvalue weighted by Gasteiger charge is 2.46. The van der Waals surface area contributed by atoms with Crippen molar-refractivity contribution in [3.63, 3.8) is 0 Å². The number of benzene rings is 2. The zero-order valence-corrected chi connectivity index (χ0v) is 37.0. The summed E-state index contributed by atoms with van der Waals surface area (Å²) in [5, 5.41) is 4.66. The van der Waals surface area contributed by atoms with Crippen LogP contribution >= 0.6 is 0 Å². The molecule has 0 radical (unpaired) electrons. The summed E-state index contributed by atoms with van der Waals surface area (Å²) in [5.41, 5.74) is -1.40. The van der Waals surface area contributed by atoms with E-state index in [1.165, 1.54) is 61.2 Å². The van der Waals surface area contributed by atoms with Gasteiger partial charge in [0.15, 0.2) is 0 Å². The molecule has 328 valence electrons. The maximum absolute atomic E-state index is 14.5. The average Bonchev–Trinajstić information content (AvgIpc) is 3.09. The van der Waals surface area contributed by atoms with Crippen LogP contribution < -0.4 is 15.4 Å². The van der Waals surface area contributed by atoms with Crippen molar-refractivity contribution >= 4 is 39.7 Å². The number of carbonyl (C=O) groups is 5. The van der Waals surface area contributed by atoms with E-state index < -0.39 is 92.8 Å². The Morgan fingerprint density at radius 2 is 1.34 bits per heavy atom. The summed E-state index contributed by atoms with van der Waals surface area (Å²) in [6.45, 7) is 18.7. The van der Waals surface area contributed by atoms with Crippen LogP contribution in [0.5, 0.6) is 0 Å². The van der Waals surface area contributed by atoms with E-state index in [1.807, 2.05) is 62.7 Å². The smallest absolute Gasteiger partial charge is 0.444 e. The molecule has 0 aliphatic carbocycles. The molecule has 0 fully saturated rings. The van der Waals surface area contributed by atoms with E-state index in [9.17, 15) is 45.6 Å². The Kier molecular flexibility index (Phi) is 16.5. The first-order valence-corrected chi connectivity index (χ1v) is 20.7. The second kappa shape index (κ2) is 19.4. The Morgan fingerprint density at radius 3 is 1.81 bits per heavy atom. The number of ether oxygens (including phenoxy) is 1. The fraction of sp³-hybridized carbons (Fsp3) is 0.548. The van der Waals surface area contributed by atoms with Crippen LogP contribution in [0.4, 0.5) is 18.0 Å². The minimum atomic E-state index is -5.04. The van der Waals surface area contributed by atoms with Gasteiger partial charge in [-0.25, -0.2) is 17.9 Å². The number of rotatable bonds is 15. The topological polar surface area (TPSA) is 171 Å². The van der Waals surface area contributed by atoms with Crippen LogP contribution in [0, 0.1) is 11.3 Å². The molecule has 0 saturated heterocycles. The summed E-state index contributed by atoms with van der Waals surface area (Å²) in [6.07, 6.45) is -4.30. The molecular weight excluding hydrogens is 792 g/mol. The fourth-order valence-electron chi connectivity index (χ4n) is 6.27. The Labute approximate surface area is 346 Å². The van der Waals surface area contributed by atoms with Crippen molar-refractivity contribution in [3.8, 4) is 0 Å². The number of amides is 5. The van der Waals surface area contributed by atoms with Crippen molar-refractivity contribution < 1.29 is 50.3 Å². The highest BCUT2D eigenvalue weighted by Crippen LogP contribution is 2.32. The predicted octanol–water partition coefficient (Wildman–Crippen LogP) is 5.98. The molecule has 3 N–H and O–H groups in total. The minimum absolute atomic E-state index is 0.0114. The maximum atomic E-state index is 14.5. The first-order valence-electron chi connectivity index (χ1n) is 19.0. The predicted molar refractivity (Wildman–Crippen MR) is 219 cm³/mol. The first kappa shape index (κ1) is 50.2. The van der Waals surface area contributed by atoms with Crippen molar-refractivity contribution in [2.75, 3.05) is 14.1 Å². The maximum Gasteiger partial charge on any atom is 0.471 e. The van der Waals surface area contributed by atoms with Gasteiger partial charge in [0.25, 0.3) is 5.91 Å². The Hall–Kier alpha value is -4.93. The number of likely N-dealkylation sites (N-methyl/N-ethyl adjacent to an activating group) is 2. The number of nitrogens with zero attached hydrogens (tertiary/aromatic N) is 2. The summed E-state index contributed by atoms with van der Waals surface area (Å²) < 4.78 is 71.1. The SMILES string of the molecule is C/C(=C\C(C(C)C)N(C)C(=O)C(NC(=O)C(N(C)C(=O)OC(C)(C)C)C(C)(C)c1ccccc1)C(C)(C)C)C(=O)NS(=O)(=O)Cc1ccc(CNC(=O)C(F)(F)F)cc1. The molecule has 3 atom stereocenters. The quantitative estimate of drug-likeness (QED) is 0.184. The van der Waals surface area contributed by atoms with Crippen LogP contribution in [0.1, 0.15) is 92.9 Å². The normalized spacial score (nSPS) is 14.4. The van der Waals surface area contributed by atoms with Gasteiger partial charge >= 0.3 is 18.2 Å². The molecule has 2 aromatic carbocycles. The van der Waals surface area contributed by atoms with Crippen LogP contribution in [-0.4, -0.2) is 91.9 Å². The van der Waals surface area contributed by atoms with Crippen molar-refractivity contribution in [2.24, 2.45) is 11.3 Å². The molecule has 0 bridgehead atoms. The van der Waals surface area contributed by atoms with Crippen LogP contribution in [0.15, 0.2) is 66.2 Å². The standard InChI is InChI=1S/C42H60F3N5O8S/c1-26(2)31(23-27(3)34(51)48-59(56,57)25-29-21-19-28(20-22-29)24-46-37(54)42(43,44)45)49(12)36(53)32(39(4,5)6)47-35(52)33(50(13)38(55)58-40(7,8)9)41(10,11)30-17-15-14-16-18-30/h14-23,26,31-33H,24-25H2,1-13H3,(H,46,54)(H,47,52)(H,48,51)/b27-23+. The molecule has 0 aliphatic heterocycles. The molecule has 5 amide bonds. The minimum Gasteiger partial charge on any atom is -0.444 e. The van der Waals surface area contributed by atoms with Gasteiger partial charge in [0.2, 0.25) is 21.8 Å². The van der Waals surface area contributed by atoms with E-state index in [4.69, 9.17) is 4.74 Å². The third-order valence-electron chi connectivity index (χ3n) is 9.51. The molecule has 59 heavy (non-hydrogen) atoms. The molecule has 0 aliphatic rings. The number of nitrogens with one attached hydrogen (secondary N) is 3. The lowest BCUT2D eigenvalue weighted by molar-refractivity contribution is -0.173. The zero-order valence-electron chi connectivity index (χ0n) is 36.2. The second-order valence-corrected chi connectivity index (χ2v) is 19.3. The summed E-state index contributed by atoms with van der Waals surface area (Å²) in [6, 6.07) is 11.6. The number of hydrogen-bond acceptors (Lipinski definition) is 8. The highest BCUT2D eigenvalue weighted by molar-refractivity contribution is 7.89. The molecule has 0 spiro atoms. The van der Waals surface area contributed by atoms with Crippen molar-refractivity contribution in [2.45, 2.75) is 124 Å². The third kappa shape index (κ3) is 14.7. The molecule has 13 nitrogen and oxygen atoms in total. The third-order valence-corrected chi connectivity index (χ3v) is 10.7. The molecule has 2 rings (SSSR count). The molecular formula is C42H60F3N5O8S. The van der Waals surface area contributed by atoms with Gasteiger partial charge < -0.3 is 20.3 Å². The number of alkyl halides is 3. The lowest BCUT2D eigenvalue weighted by atomic mass is 9.76. The number of halogens is 3. The monoisotopic (exact) mass is 851 g/mol. The Balaban J connectivity index is 2.35. The molecule has 2 aromatic rings. The summed E-state index contributed by atoms with van der Waals surface area (Å²) in [4.78, 5) is 69.3. The lowest BCUT2D eigenvalue weighted by Gasteiger charge is -2.42. The average molecular weight is 852 g/mol. The van der Waals surface area contributed by atoms with Crippen molar-refractivity contribution in [1.82, 2.24) is 25.2 Å². The fourth-order valence-corrected chi connectivity index (χ4v) is 7.42. The van der Waals surface area contributed by atoms with Crippen LogP contribution in [0.3, 0.4) is 0 Å². The van der Waals surface area contributed by atoms with E-state index >= 15 is 0 Å². The highest BCUT2D eigenvalue weighted by atomic mass is 32.2. The van der Waals surface area contributed by atoms with Gasteiger partial charge in [0, 0.05) is 31.6 Å². The molecule has 3 unspecified atom stereocenters. The molecule has 0 saturated carbocycles. The van der Waals surface area contributed by atoms with Crippen LogP contribution in [-0.2, 0) is 51.7 Å². The second-order valence-electron chi connectivity index (χ2n) is 17.6. The summed E-state index contributed by atoms with van der Waals surface area (Å²) in [5.74, 6) is -5.08. The van der Waals surface area contributed by atoms with E-state index in [-0.39, 0.29) is 17.1 Å². The van der Waals surface area contributed by atoms with E-state index in [0.29, 0.717) is 5.56 Å².